The molecule has 0 unspecified atom stereocenters. The SMILES string of the molecule is CC(C)(C)[C@H](c1nc(-c2ccccc2)cn1Cc1ccc(C(F)(F)F)o1)N(C[C@@H](F)CN)C(=O)O[C@H]1CCCO1. The number of imidazole rings is 1. The van der Waals surface area contributed by atoms with Crippen LogP contribution in [0.1, 0.15) is 57.0 Å². The Labute approximate surface area is 230 Å². The fourth-order valence-electron chi connectivity index (χ4n) is 4.69. The van der Waals surface area contributed by atoms with E-state index in [0.29, 0.717) is 24.5 Å². The third-order valence-electron chi connectivity index (χ3n) is 6.53. The minimum absolute atomic E-state index is 0.0389. The van der Waals surface area contributed by atoms with Crippen molar-refractivity contribution in [3.05, 3.63) is 66.0 Å². The highest BCUT2D eigenvalue weighted by molar-refractivity contribution is 5.69. The van der Waals surface area contributed by atoms with E-state index in [1.54, 1.807) is 10.8 Å². The highest BCUT2D eigenvalue weighted by Crippen LogP contribution is 2.40. The van der Waals surface area contributed by atoms with Gasteiger partial charge in [0.15, 0.2) is 0 Å². The van der Waals surface area contributed by atoms with Gasteiger partial charge in [0.05, 0.1) is 31.4 Å². The van der Waals surface area contributed by atoms with Crippen molar-refractivity contribution in [1.82, 2.24) is 14.5 Å². The molecular formula is C28H34F4N4O4. The third-order valence-corrected chi connectivity index (χ3v) is 6.53. The molecule has 8 nitrogen and oxygen atoms in total. The summed E-state index contributed by atoms with van der Waals surface area (Å²) < 4.78 is 72.2. The van der Waals surface area contributed by atoms with Crippen molar-refractivity contribution in [2.45, 2.75) is 64.8 Å². The zero-order valence-corrected chi connectivity index (χ0v) is 22.7. The van der Waals surface area contributed by atoms with Crippen LogP contribution in [-0.4, -0.2) is 52.7 Å². The molecule has 0 radical (unpaired) electrons. The first-order valence-corrected chi connectivity index (χ1v) is 13.1. The van der Waals surface area contributed by atoms with Gasteiger partial charge in [-0.3, -0.25) is 4.90 Å². The Bertz CT molecular complexity index is 1260. The highest BCUT2D eigenvalue weighted by Gasteiger charge is 2.41. The molecule has 1 aliphatic rings. The molecule has 1 saturated heterocycles. The number of rotatable bonds is 9. The number of alkyl halides is 4. The predicted molar refractivity (Wildman–Crippen MR) is 139 cm³/mol. The average Bonchev–Trinajstić information content (AvgIpc) is 3.65. The van der Waals surface area contributed by atoms with Gasteiger partial charge >= 0.3 is 12.3 Å². The molecule has 3 heterocycles. The van der Waals surface area contributed by atoms with E-state index in [1.165, 1.54) is 11.0 Å². The molecule has 3 atom stereocenters. The van der Waals surface area contributed by atoms with Crippen molar-refractivity contribution in [1.29, 1.82) is 0 Å². The lowest BCUT2D eigenvalue weighted by atomic mass is 9.84. The number of carbonyl (C=O) groups is 1. The van der Waals surface area contributed by atoms with E-state index in [1.807, 2.05) is 51.1 Å². The van der Waals surface area contributed by atoms with Crippen molar-refractivity contribution in [3.8, 4) is 11.3 Å². The second-order valence-electron chi connectivity index (χ2n) is 10.8. The molecule has 1 fully saturated rings. The molecule has 0 aliphatic carbocycles. The van der Waals surface area contributed by atoms with E-state index in [9.17, 15) is 22.4 Å². The number of benzene rings is 1. The first-order chi connectivity index (χ1) is 18.9. The summed E-state index contributed by atoms with van der Waals surface area (Å²) in [6.07, 6.45) is -4.82. The van der Waals surface area contributed by atoms with Gasteiger partial charge in [-0.2, -0.15) is 13.2 Å². The summed E-state index contributed by atoms with van der Waals surface area (Å²) in [6, 6.07) is 10.4. The Hall–Kier alpha value is -3.38. The molecule has 1 aromatic carbocycles. The number of nitrogens with two attached hydrogens (primary N) is 1. The van der Waals surface area contributed by atoms with Gasteiger partial charge in [-0.05, 0) is 24.0 Å². The van der Waals surface area contributed by atoms with E-state index < -0.39 is 41.9 Å². The summed E-state index contributed by atoms with van der Waals surface area (Å²) >= 11 is 0. The van der Waals surface area contributed by atoms with E-state index in [2.05, 4.69) is 0 Å². The molecule has 2 N–H and O–H groups in total. The maximum Gasteiger partial charge on any atom is 0.449 e. The van der Waals surface area contributed by atoms with E-state index in [0.717, 1.165) is 18.1 Å². The maximum atomic E-state index is 14.8. The van der Waals surface area contributed by atoms with Crippen LogP contribution in [-0.2, 0) is 22.2 Å². The lowest BCUT2D eigenvalue weighted by molar-refractivity contribution is -0.153. The van der Waals surface area contributed by atoms with Gasteiger partial charge in [0.2, 0.25) is 12.1 Å². The topological polar surface area (TPSA) is 95.8 Å². The zero-order chi connectivity index (χ0) is 29.1. The van der Waals surface area contributed by atoms with Crippen LogP contribution in [0, 0.1) is 5.41 Å². The molecule has 0 bridgehead atoms. The number of hydrogen-bond acceptors (Lipinski definition) is 6. The molecule has 1 amide bonds. The summed E-state index contributed by atoms with van der Waals surface area (Å²) in [5, 5.41) is 0. The van der Waals surface area contributed by atoms with Gasteiger partial charge in [-0.1, -0.05) is 51.1 Å². The Balaban J connectivity index is 1.80. The van der Waals surface area contributed by atoms with Crippen LogP contribution in [0.3, 0.4) is 0 Å². The Kier molecular flexibility index (Phi) is 8.89. The van der Waals surface area contributed by atoms with Gasteiger partial charge in [0.1, 0.15) is 17.8 Å². The lowest BCUT2D eigenvalue weighted by Crippen LogP contribution is -2.47. The molecule has 3 aromatic rings. The molecule has 40 heavy (non-hydrogen) atoms. The van der Waals surface area contributed by atoms with Crippen molar-refractivity contribution < 1.29 is 36.2 Å². The number of nitrogens with zero attached hydrogens (tertiary/aromatic N) is 3. The van der Waals surface area contributed by atoms with E-state index >= 15 is 0 Å². The van der Waals surface area contributed by atoms with Crippen molar-refractivity contribution in [2.24, 2.45) is 11.1 Å². The quantitative estimate of drug-likeness (QED) is 0.311. The second-order valence-corrected chi connectivity index (χ2v) is 10.8. The van der Waals surface area contributed by atoms with Gasteiger partial charge in [0, 0.05) is 24.7 Å². The molecule has 2 aromatic heterocycles. The largest absolute Gasteiger partial charge is 0.455 e. The van der Waals surface area contributed by atoms with Crippen molar-refractivity contribution in [2.75, 3.05) is 19.7 Å². The van der Waals surface area contributed by atoms with Crippen molar-refractivity contribution >= 4 is 6.09 Å². The monoisotopic (exact) mass is 566 g/mol. The maximum absolute atomic E-state index is 14.8. The normalized spacial score (nSPS) is 17.6. The van der Waals surface area contributed by atoms with Crippen LogP contribution < -0.4 is 5.73 Å². The number of halogens is 4. The Morgan fingerprint density at radius 3 is 2.50 bits per heavy atom. The Morgan fingerprint density at radius 1 is 1.20 bits per heavy atom. The standard InChI is InChI=1S/C28H34F4N4O4/c1-27(2,3)24(36(15-19(29)14-33)26(37)40-23-10-7-13-38-23)25-34-21(18-8-5-4-6-9-18)17-35(25)16-20-11-12-22(39-20)28(30,31)32/h4-6,8-9,11-12,17,19,23-24H,7,10,13-16,33H2,1-3H3/t19-,23-,24-/m0/s1. The summed E-state index contributed by atoms with van der Waals surface area (Å²) in [5.74, 6) is -0.758. The second kappa shape index (κ2) is 12.0. The van der Waals surface area contributed by atoms with Gasteiger partial charge < -0.3 is 24.2 Å². The number of amides is 1. The summed E-state index contributed by atoms with van der Waals surface area (Å²) in [6.45, 7) is 5.21. The third kappa shape index (κ3) is 7.03. The first kappa shape index (κ1) is 29.6. The highest BCUT2D eigenvalue weighted by atomic mass is 19.4. The van der Waals surface area contributed by atoms with Crippen LogP contribution in [0.15, 0.2) is 53.1 Å². The minimum atomic E-state index is -4.64. The molecule has 0 spiro atoms. The van der Waals surface area contributed by atoms with Crippen LogP contribution in [0.2, 0.25) is 0 Å². The van der Waals surface area contributed by atoms with Crippen LogP contribution >= 0.6 is 0 Å². The average molecular weight is 567 g/mol. The fourth-order valence-corrected chi connectivity index (χ4v) is 4.69. The molecule has 0 saturated carbocycles. The number of aromatic nitrogens is 2. The van der Waals surface area contributed by atoms with Gasteiger partial charge in [-0.25, -0.2) is 14.2 Å². The molecule has 218 valence electrons. The number of carbonyl (C=O) groups excluding carboxylic acids is 1. The summed E-state index contributed by atoms with van der Waals surface area (Å²) in [7, 11) is 0. The van der Waals surface area contributed by atoms with Crippen LogP contribution in [0.4, 0.5) is 22.4 Å². The number of hydrogen-bond donors (Lipinski definition) is 1. The molecule has 12 heteroatoms. The Morgan fingerprint density at radius 2 is 1.93 bits per heavy atom. The van der Waals surface area contributed by atoms with E-state index in [-0.39, 0.29) is 25.4 Å². The fraction of sp³-hybridized carbons (Fsp3) is 0.500. The minimum Gasteiger partial charge on any atom is -0.455 e. The van der Waals surface area contributed by atoms with Gasteiger partial charge in [0.25, 0.3) is 0 Å². The first-order valence-electron chi connectivity index (χ1n) is 13.1. The summed E-state index contributed by atoms with van der Waals surface area (Å²) in [4.78, 5) is 19.6. The molecule has 1 aliphatic heterocycles. The zero-order valence-electron chi connectivity index (χ0n) is 22.7. The van der Waals surface area contributed by atoms with Crippen LogP contribution in [0.25, 0.3) is 11.3 Å². The lowest BCUT2D eigenvalue weighted by Gasteiger charge is -2.40. The number of ether oxygens (including phenoxy) is 2. The van der Waals surface area contributed by atoms with Gasteiger partial charge in [-0.15, -0.1) is 0 Å². The smallest absolute Gasteiger partial charge is 0.449 e. The van der Waals surface area contributed by atoms with Crippen LogP contribution in [0.5, 0.6) is 0 Å². The number of furan rings is 1. The van der Waals surface area contributed by atoms with E-state index in [4.69, 9.17) is 24.6 Å². The van der Waals surface area contributed by atoms with Crippen molar-refractivity contribution in [3.63, 3.8) is 0 Å². The summed E-state index contributed by atoms with van der Waals surface area (Å²) in [5.41, 5.74) is 6.13. The predicted octanol–water partition coefficient (Wildman–Crippen LogP) is 6.17. The molecular weight excluding hydrogens is 532 g/mol. The molecule has 4 rings (SSSR count).